The second-order valence-corrected chi connectivity index (χ2v) is 10.5. The summed E-state index contributed by atoms with van der Waals surface area (Å²) in [6, 6.07) is 8.89. The van der Waals surface area contributed by atoms with Gasteiger partial charge in [0, 0.05) is 0 Å². The number of hydrogen-bond acceptors (Lipinski definition) is 2. The zero-order valence-corrected chi connectivity index (χ0v) is 16.0. The van der Waals surface area contributed by atoms with Crippen molar-refractivity contribution < 1.29 is 8.42 Å². The van der Waals surface area contributed by atoms with Gasteiger partial charge in [0.2, 0.25) is 0 Å². The summed E-state index contributed by atoms with van der Waals surface area (Å²) in [7, 11) is -3.29. The van der Waals surface area contributed by atoms with Gasteiger partial charge in [-0.25, -0.2) is 8.42 Å². The molecule has 0 N–H and O–H groups in total. The van der Waals surface area contributed by atoms with Crippen LogP contribution in [-0.4, -0.2) is 14.2 Å². The van der Waals surface area contributed by atoms with Crippen molar-refractivity contribution in [2.45, 2.75) is 57.8 Å². The Kier molecular flexibility index (Phi) is 4.44. The maximum absolute atomic E-state index is 13.0. The van der Waals surface area contributed by atoms with Crippen LogP contribution in [0.3, 0.4) is 0 Å². The molecule has 0 saturated heterocycles. The topological polar surface area (TPSA) is 34.1 Å². The molecule has 2 aliphatic carbocycles. The summed E-state index contributed by atoms with van der Waals surface area (Å²) in [4.78, 5) is 0.442. The van der Waals surface area contributed by atoms with Gasteiger partial charge in [-0.1, -0.05) is 64.0 Å². The van der Waals surface area contributed by atoms with Crippen LogP contribution in [0.15, 0.2) is 47.4 Å². The van der Waals surface area contributed by atoms with Gasteiger partial charge in [-0.2, -0.15) is 0 Å². The maximum atomic E-state index is 13.0. The van der Waals surface area contributed by atoms with E-state index in [1.54, 1.807) is 24.3 Å². The van der Waals surface area contributed by atoms with Crippen LogP contribution < -0.4 is 0 Å². The zero-order chi connectivity index (χ0) is 17.6. The molecule has 1 aromatic rings. The third kappa shape index (κ3) is 2.65. The highest BCUT2D eigenvalue weighted by atomic mass is 32.2. The predicted molar refractivity (Wildman–Crippen MR) is 99.6 cm³/mol. The SMILES string of the molecule is C=C1CC[C@@]2(C)[C@H](C)CCC[C@@]2(C)[C@@H]1CS(=O)(=O)c1ccccc1. The summed E-state index contributed by atoms with van der Waals surface area (Å²) in [6.45, 7) is 11.4. The fourth-order valence-electron chi connectivity index (χ4n) is 5.34. The van der Waals surface area contributed by atoms with Crippen LogP contribution in [0.1, 0.15) is 52.9 Å². The largest absolute Gasteiger partial charge is 0.224 e. The fraction of sp³-hybridized carbons (Fsp3) is 0.619. The average Bonchev–Trinajstić information content (AvgIpc) is 2.55. The molecule has 3 heteroatoms. The molecule has 2 aliphatic rings. The maximum Gasteiger partial charge on any atom is 0.178 e. The molecule has 0 heterocycles. The van der Waals surface area contributed by atoms with Crippen LogP contribution in [0.25, 0.3) is 0 Å². The van der Waals surface area contributed by atoms with Crippen molar-refractivity contribution in [1.82, 2.24) is 0 Å². The minimum Gasteiger partial charge on any atom is -0.224 e. The summed E-state index contributed by atoms with van der Waals surface area (Å²) >= 11 is 0. The van der Waals surface area contributed by atoms with Crippen molar-refractivity contribution in [3.05, 3.63) is 42.5 Å². The number of rotatable bonds is 3. The van der Waals surface area contributed by atoms with E-state index in [1.807, 2.05) is 6.07 Å². The van der Waals surface area contributed by atoms with Crippen LogP contribution in [0, 0.1) is 22.7 Å². The van der Waals surface area contributed by atoms with E-state index in [2.05, 4.69) is 27.4 Å². The predicted octanol–water partition coefficient (Wildman–Crippen LogP) is 5.26. The van der Waals surface area contributed by atoms with Crippen LogP contribution in [0.5, 0.6) is 0 Å². The lowest BCUT2D eigenvalue weighted by molar-refractivity contribution is -0.0819. The van der Waals surface area contributed by atoms with E-state index in [0.717, 1.165) is 24.8 Å². The number of allylic oxidation sites excluding steroid dienone is 1. The smallest absolute Gasteiger partial charge is 0.178 e. The van der Waals surface area contributed by atoms with Gasteiger partial charge in [-0.3, -0.25) is 0 Å². The third-order valence-electron chi connectivity index (χ3n) is 7.44. The molecule has 0 bridgehead atoms. The molecule has 0 unspecified atom stereocenters. The summed E-state index contributed by atoms with van der Waals surface area (Å²) in [5, 5.41) is 0. The first-order valence-corrected chi connectivity index (χ1v) is 10.8. The van der Waals surface area contributed by atoms with E-state index in [1.165, 1.54) is 12.8 Å². The molecule has 2 saturated carbocycles. The monoisotopic (exact) mass is 346 g/mol. The summed E-state index contributed by atoms with van der Waals surface area (Å²) in [5.74, 6) is 0.907. The molecule has 3 rings (SSSR count). The average molecular weight is 347 g/mol. The van der Waals surface area contributed by atoms with Crippen molar-refractivity contribution in [3.63, 3.8) is 0 Å². The van der Waals surface area contributed by atoms with E-state index < -0.39 is 9.84 Å². The van der Waals surface area contributed by atoms with E-state index >= 15 is 0 Å². The van der Waals surface area contributed by atoms with E-state index in [9.17, 15) is 8.42 Å². The Hall–Kier alpha value is -1.09. The lowest BCUT2D eigenvalue weighted by Crippen LogP contribution is -2.54. The van der Waals surface area contributed by atoms with Gasteiger partial charge in [-0.15, -0.1) is 0 Å². The van der Waals surface area contributed by atoms with Crippen LogP contribution in [0.2, 0.25) is 0 Å². The van der Waals surface area contributed by atoms with E-state index in [0.29, 0.717) is 10.8 Å². The normalized spacial score (nSPS) is 37.0. The zero-order valence-electron chi connectivity index (χ0n) is 15.2. The highest BCUT2D eigenvalue weighted by molar-refractivity contribution is 7.91. The first-order valence-electron chi connectivity index (χ1n) is 9.16. The molecule has 24 heavy (non-hydrogen) atoms. The minimum atomic E-state index is -3.29. The number of sulfone groups is 1. The van der Waals surface area contributed by atoms with Crippen molar-refractivity contribution in [2.24, 2.45) is 22.7 Å². The van der Waals surface area contributed by atoms with Crippen LogP contribution >= 0.6 is 0 Å². The third-order valence-corrected chi connectivity index (χ3v) is 9.20. The lowest BCUT2D eigenvalue weighted by atomic mass is 9.44. The van der Waals surface area contributed by atoms with Gasteiger partial charge >= 0.3 is 0 Å². The molecule has 0 aliphatic heterocycles. The van der Waals surface area contributed by atoms with Gasteiger partial charge in [0.25, 0.3) is 0 Å². The number of hydrogen-bond donors (Lipinski definition) is 0. The Morgan fingerprint density at radius 1 is 1.12 bits per heavy atom. The lowest BCUT2D eigenvalue weighted by Gasteiger charge is -2.61. The molecular weight excluding hydrogens is 316 g/mol. The molecule has 2 nitrogen and oxygen atoms in total. The molecule has 0 radical (unpaired) electrons. The van der Waals surface area contributed by atoms with Gasteiger partial charge < -0.3 is 0 Å². The molecule has 1 aromatic carbocycles. The standard InChI is InChI=1S/C21H30O2S/c1-16-12-14-20(3)17(2)9-8-13-21(20,4)19(16)15-24(22,23)18-10-6-5-7-11-18/h5-7,10-11,17,19H,1,8-9,12-15H2,2-4H3/t17-,19-,20+,21+/m1/s1. The van der Waals surface area contributed by atoms with Crippen molar-refractivity contribution in [1.29, 1.82) is 0 Å². The van der Waals surface area contributed by atoms with Gasteiger partial charge in [0.1, 0.15) is 0 Å². The molecular formula is C21H30O2S. The molecule has 4 atom stereocenters. The quantitative estimate of drug-likeness (QED) is 0.700. The Balaban J connectivity index is 1.98. The Morgan fingerprint density at radius 2 is 1.79 bits per heavy atom. The number of benzene rings is 1. The van der Waals surface area contributed by atoms with Gasteiger partial charge in [-0.05, 0) is 54.1 Å². The second kappa shape index (κ2) is 6.01. The van der Waals surface area contributed by atoms with Crippen LogP contribution in [-0.2, 0) is 9.84 Å². The first-order chi connectivity index (χ1) is 11.2. The second-order valence-electron chi connectivity index (χ2n) is 8.43. The molecule has 0 amide bonds. The van der Waals surface area contributed by atoms with E-state index in [4.69, 9.17) is 0 Å². The molecule has 132 valence electrons. The van der Waals surface area contributed by atoms with Crippen molar-refractivity contribution in [2.75, 3.05) is 5.75 Å². The summed E-state index contributed by atoms with van der Waals surface area (Å²) in [5.41, 5.74) is 1.38. The van der Waals surface area contributed by atoms with Gasteiger partial charge in [0.05, 0.1) is 10.6 Å². The minimum absolute atomic E-state index is 0.0296. The fourth-order valence-corrected chi connectivity index (χ4v) is 7.14. The van der Waals surface area contributed by atoms with E-state index in [-0.39, 0.29) is 22.5 Å². The summed E-state index contributed by atoms with van der Waals surface area (Å²) < 4.78 is 26.0. The van der Waals surface area contributed by atoms with Crippen LogP contribution in [0.4, 0.5) is 0 Å². The Morgan fingerprint density at radius 3 is 2.46 bits per heavy atom. The highest BCUT2D eigenvalue weighted by Gasteiger charge is 2.57. The molecule has 0 spiro atoms. The summed E-state index contributed by atoms with van der Waals surface area (Å²) in [6.07, 6.45) is 5.68. The molecule has 2 fully saturated rings. The van der Waals surface area contributed by atoms with Crippen molar-refractivity contribution >= 4 is 9.84 Å². The number of fused-ring (bicyclic) bond motifs is 1. The van der Waals surface area contributed by atoms with Crippen molar-refractivity contribution in [3.8, 4) is 0 Å². The van der Waals surface area contributed by atoms with Gasteiger partial charge in [0.15, 0.2) is 9.84 Å². The Bertz CT molecular complexity index is 721. The first kappa shape index (κ1) is 17.7. The Labute approximate surface area is 147 Å². The molecule has 0 aromatic heterocycles. The highest BCUT2D eigenvalue weighted by Crippen LogP contribution is 2.64.